The van der Waals surface area contributed by atoms with Crippen molar-refractivity contribution >= 4 is 11.7 Å². The molecule has 1 amide bonds. The summed E-state index contributed by atoms with van der Waals surface area (Å²) >= 11 is 0. The summed E-state index contributed by atoms with van der Waals surface area (Å²) < 4.78 is 16.1. The molecule has 0 aromatic heterocycles. The third kappa shape index (κ3) is 3.26. The minimum Gasteiger partial charge on any atom is -0.503 e. The Morgan fingerprint density at radius 2 is 2.00 bits per heavy atom. The Bertz CT molecular complexity index is 799. The van der Waals surface area contributed by atoms with E-state index in [4.69, 9.17) is 14.2 Å². The number of nitrogens with one attached hydrogen (secondary N) is 1. The molecule has 8 nitrogen and oxygen atoms in total. The zero-order chi connectivity index (χ0) is 19.0. The maximum absolute atomic E-state index is 12.7. The first kappa shape index (κ1) is 17.8. The predicted molar refractivity (Wildman–Crippen MR) is 93.7 cm³/mol. The van der Waals surface area contributed by atoms with Gasteiger partial charge in [-0.2, -0.15) is 0 Å². The van der Waals surface area contributed by atoms with E-state index < -0.39 is 17.7 Å². The number of ether oxygens (including phenoxy) is 3. The van der Waals surface area contributed by atoms with Crippen molar-refractivity contribution in [3.05, 3.63) is 35.1 Å². The van der Waals surface area contributed by atoms with Crippen molar-refractivity contribution in [1.29, 1.82) is 0 Å². The highest BCUT2D eigenvalue weighted by molar-refractivity contribution is 6.08. The predicted octanol–water partition coefficient (Wildman–Crippen LogP) is -0.385. The van der Waals surface area contributed by atoms with Gasteiger partial charge in [0, 0.05) is 0 Å². The number of ketones is 1. The summed E-state index contributed by atoms with van der Waals surface area (Å²) in [4.78, 5) is 27.8. The van der Waals surface area contributed by atoms with E-state index in [9.17, 15) is 14.7 Å². The number of hydrogen-bond acceptors (Lipinski definition) is 6. The minimum atomic E-state index is -0.620. The van der Waals surface area contributed by atoms with Crippen LogP contribution in [0.2, 0.25) is 0 Å². The van der Waals surface area contributed by atoms with Crippen LogP contribution in [0.1, 0.15) is 18.5 Å². The molecule has 1 atom stereocenters. The maximum atomic E-state index is 12.7. The Balaban J connectivity index is 1.62. The lowest BCUT2D eigenvalue weighted by atomic mass is 9.96. The lowest BCUT2D eigenvalue weighted by Crippen LogP contribution is -3.14. The second kappa shape index (κ2) is 7.21. The fraction of sp³-hybridized carbons (Fsp3) is 0.474. The molecule has 0 radical (unpaired) electrons. The number of amides is 1. The zero-order valence-electron chi connectivity index (χ0n) is 15.2. The topological polar surface area (TPSA) is 89.7 Å². The highest BCUT2D eigenvalue weighted by atomic mass is 16.7. The summed E-state index contributed by atoms with van der Waals surface area (Å²) in [7, 11) is 0. The monoisotopic (exact) mass is 375 g/mol. The third-order valence-electron chi connectivity index (χ3n) is 5.30. The number of carbonyl (C=O) groups is 2. The van der Waals surface area contributed by atoms with E-state index >= 15 is 0 Å². The summed E-state index contributed by atoms with van der Waals surface area (Å²) in [5.41, 5.74) is 0.856. The van der Waals surface area contributed by atoms with Crippen LogP contribution in [-0.2, 0) is 14.3 Å². The van der Waals surface area contributed by atoms with E-state index in [-0.39, 0.29) is 18.1 Å². The van der Waals surface area contributed by atoms with Gasteiger partial charge in [0.1, 0.15) is 13.1 Å². The van der Waals surface area contributed by atoms with Crippen LogP contribution in [0.15, 0.2) is 29.5 Å². The number of morpholine rings is 1. The third-order valence-corrected chi connectivity index (χ3v) is 5.30. The first-order chi connectivity index (χ1) is 13.1. The Labute approximate surface area is 156 Å². The summed E-state index contributed by atoms with van der Waals surface area (Å²) in [5.74, 6) is -0.0691. The van der Waals surface area contributed by atoms with Gasteiger partial charge < -0.3 is 29.1 Å². The Hall–Kier alpha value is -2.58. The lowest BCUT2D eigenvalue weighted by Gasteiger charge is -2.30. The molecule has 1 unspecified atom stereocenters. The van der Waals surface area contributed by atoms with E-state index in [2.05, 4.69) is 0 Å². The van der Waals surface area contributed by atoms with Crippen LogP contribution in [0.25, 0.3) is 0 Å². The van der Waals surface area contributed by atoms with Gasteiger partial charge in [-0.25, -0.2) is 0 Å². The average molecular weight is 375 g/mol. The van der Waals surface area contributed by atoms with Gasteiger partial charge in [-0.05, 0) is 24.6 Å². The van der Waals surface area contributed by atoms with Gasteiger partial charge in [0.25, 0.3) is 5.91 Å². The first-order valence-electron chi connectivity index (χ1n) is 9.12. The molecule has 1 saturated heterocycles. The summed E-state index contributed by atoms with van der Waals surface area (Å²) in [6.45, 7) is 5.87. The molecule has 1 aromatic carbocycles. The summed E-state index contributed by atoms with van der Waals surface area (Å²) in [5, 5.41) is 10.3. The lowest BCUT2D eigenvalue weighted by molar-refractivity contribution is -0.907. The first-order valence-corrected chi connectivity index (χ1v) is 9.12. The van der Waals surface area contributed by atoms with Crippen molar-refractivity contribution in [3.8, 4) is 11.5 Å². The van der Waals surface area contributed by atoms with Gasteiger partial charge in [-0.15, -0.1) is 0 Å². The summed E-state index contributed by atoms with van der Waals surface area (Å²) in [6, 6.07) is 4.73. The van der Waals surface area contributed by atoms with Crippen LogP contribution < -0.4 is 14.4 Å². The van der Waals surface area contributed by atoms with E-state index in [1.807, 2.05) is 6.07 Å². The van der Waals surface area contributed by atoms with E-state index in [1.54, 1.807) is 17.0 Å². The van der Waals surface area contributed by atoms with Crippen LogP contribution in [0.4, 0.5) is 0 Å². The highest BCUT2D eigenvalue weighted by Crippen LogP contribution is 2.41. The molecule has 2 N–H and O–H groups in total. The van der Waals surface area contributed by atoms with Crippen molar-refractivity contribution in [2.24, 2.45) is 0 Å². The molecule has 4 rings (SSSR count). The van der Waals surface area contributed by atoms with Gasteiger partial charge in [-0.1, -0.05) is 6.07 Å². The number of aliphatic hydroxyl groups excluding tert-OH is 1. The van der Waals surface area contributed by atoms with Crippen LogP contribution >= 0.6 is 0 Å². The molecule has 1 fully saturated rings. The van der Waals surface area contributed by atoms with Crippen molar-refractivity contribution in [2.45, 2.75) is 13.0 Å². The van der Waals surface area contributed by atoms with Crippen LogP contribution in [0, 0.1) is 0 Å². The molecule has 1 aromatic rings. The normalized spacial score (nSPS) is 22.6. The number of aliphatic hydroxyl groups is 1. The molecule has 3 heterocycles. The van der Waals surface area contributed by atoms with Gasteiger partial charge in [0.2, 0.25) is 6.79 Å². The number of Topliss-reactive ketones (excluding diaryl/α,β-unsaturated/α-hetero) is 1. The fourth-order valence-corrected chi connectivity index (χ4v) is 3.86. The van der Waals surface area contributed by atoms with Gasteiger partial charge in [0.15, 0.2) is 23.0 Å². The van der Waals surface area contributed by atoms with Crippen LogP contribution in [-0.4, -0.2) is 67.9 Å². The molecule has 8 heteroatoms. The molecule has 27 heavy (non-hydrogen) atoms. The van der Waals surface area contributed by atoms with Crippen molar-refractivity contribution in [2.75, 3.05) is 46.2 Å². The number of carbonyl (C=O) groups excluding carboxylic acids is 2. The van der Waals surface area contributed by atoms with Crippen LogP contribution in [0.5, 0.6) is 11.5 Å². The summed E-state index contributed by atoms with van der Waals surface area (Å²) in [6.07, 6.45) is 0. The number of rotatable bonds is 5. The second-order valence-corrected chi connectivity index (χ2v) is 6.94. The highest BCUT2D eigenvalue weighted by Gasteiger charge is 2.43. The quantitative estimate of drug-likeness (QED) is 0.729. The zero-order valence-corrected chi connectivity index (χ0v) is 15.2. The number of quaternary nitrogens is 1. The molecule has 0 saturated carbocycles. The van der Waals surface area contributed by atoms with Gasteiger partial charge in [-0.3, -0.25) is 9.59 Å². The van der Waals surface area contributed by atoms with Gasteiger partial charge >= 0.3 is 0 Å². The fourth-order valence-electron chi connectivity index (χ4n) is 3.86. The standard InChI is InChI=1S/C19H22N2O6/c1-12(22)16-17(13-2-3-14-15(10-13)27-11-26-14)21(19(24)18(16)23)5-4-20-6-8-25-9-7-20/h2-3,10,17,23H,4-9,11H2,1H3/p+1. The van der Waals surface area contributed by atoms with Crippen molar-refractivity contribution in [1.82, 2.24) is 4.90 Å². The number of nitrogens with zero attached hydrogens (tertiary/aromatic N) is 1. The molecule has 0 bridgehead atoms. The molecule has 3 aliphatic heterocycles. The van der Waals surface area contributed by atoms with E-state index in [0.717, 1.165) is 25.2 Å². The average Bonchev–Trinajstić information content (AvgIpc) is 3.23. The molecule has 144 valence electrons. The number of benzene rings is 1. The van der Waals surface area contributed by atoms with Crippen LogP contribution in [0.3, 0.4) is 0 Å². The van der Waals surface area contributed by atoms with E-state index in [1.165, 1.54) is 11.8 Å². The Kier molecular flexibility index (Phi) is 4.75. The largest absolute Gasteiger partial charge is 0.503 e. The van der Waals surface area contributed by atoms with Crippen molar-refractivity contribution < 1.29 is 33.8 Å². The SMILES string of the molecule is CC(=O)C1=C(O)C(=O)N(CC[NH+]2CCOCC2)C1c1ccc2c(c1)OCO2. The van der Waals surface area contributed by atoms with Gasteiger partial charge in [0.05, 0.1) is 37.9 Å². The molecule has 3 aliphatic rings. The Morgan fingerprint density at radius 1 is 1.26 bits per heavy atom. The smallest absolute Gasteiger partial charge is 0.290 e. The Morgan fingerprint density at radius 3 is 2.74 bits per heavy atom. The molecule has 0 aliphatic carbocycles. The molecular weight excluding hydrogens is 352 g/mol. The number of hydrogen-bond donors (Lipinski definition) is 2. The number of fused-ring (bicyclic) bond motifs is 1. The van der Waals surface area contributed by atoms with Crippen molar-refractivity contribution in [3.63, 3.8) is 0 Å². The molecular formula is C19H23N2O6+. The maximum Gasteiger partial charge on any atom is 0.290 e. The minimum absolute atomic E-state index is 0.135. The molecule has 0 spiro atoms. The second-order valence-electron chi connectivity index (χ2n) is 6.94. The van der Waals surface area contributed by atoms with E-state index in [0.29, 0.717) is 31.3 Å².